The topological polar surface area (TPSA) is 265 Å². The van der Waals surface area contributed by atoms with Gasteiger partial charge in [0.05, 0.1) is 21.7 Å². The van der Waals surface area contributed by atoms with Gasteiger partial charge in [-0.05, 0) is 54.3 Å². The summed E-state index contributed by atoms with van der Waals surface area (Å²) in [7, 11) is -14.5. The molecule has 0 bridgehead atoms. The van der Waals surface area contributed by atoms with Gasteiger partial charge in [0.25, 0.3) is 20.2 Å². The molecule has 0 atom stereocenters. The molecule has 0 aliphatic rings. The van der Waals surface area contributed by atoms with E-state index in [9.17, 15) is 44.7 Å². The second-order valence-corrected chi connectivity index (χ2v) is 12.7. The lowest BCUT2D eigenvalue weighted by Crippen LogP contribution is -2.03. The molecule has 4 rings (SSSR count). The fourth-order valence-electron chi connectivity index (χ4n) is 3.73. The SMILES string of the molecule is Cc1ccc(N=Nc2c(S(O)(O)O)cc3cc(S(=O)(=O)O)c(N=Nc4ccccc4)c(N)c3c2O)c(S(=O)(=O)O)c1. The summed E-state index contributed by atoms with van der Waals surface area (Å²) < 4.78 is 97.6. The van der Waals surface area contributed by atoms with Crippen molar-refractivity contribution in [3.63, 3.8) is 0 Å². The van der Waals surface area contributed by atoms with Gasteiger partial charge in [0.2, 0.25) is 0 Å². The van der Waals surface area contributed by atoms with E-state index < -0.39 is 74.3 Å². The van der Waals surface area contributed by atoms with Crippen LogP contribution in [0.5, 0.6) is 5.75 Å². The number of rotatable bonds is 7. The minimum Gasteiger partial charge on any atom is -0.505 e. The van der Waals surface area contributed by atoms with E-state index in [1.54, 1.807) is 25.1 Å². The summed E-state index contributed by atoms with van der Waals surface area (Å²) in [6, 6.07) is 13.3. The normalized spacial score (nSPS) is 13.4. The highest BCUT2D eigenvalue weighted by atomic mass is 32.3. The molecule has 0 amide bonds. The molecule has 41 heavy (non-hydrogen) atoms. The predicted molar refractivity (Wildman–Crippen MR) is 149 cm³/mol. The molecular weight excluding hydrogens is 602 g/mol. The molecule has 0 aliphatic heterocycles. The van der Waals surface area contributed by atoms with E-state index in [1.807, 2.05) is 0 Å². The van der Waals surface area contributed by atoms with Gasteiger partial charge in [-0.2, -0.15) is 21.9 Å². The van der Waals surface area contributed by atoms with Crippen LogP contribution in [0.15, 0.2) is 95.8 Å². The van der Waals surface area contributed by atoms with Gasteiger partial charge >= 0.3 is 0 Å². The first-order chi connectivity index (χ1) is 19.0. The molecule has 0 fully saturated rings. The van der Waals surface area contributed by atoms with Crippen LogP contribution in [0, 0.1) is 6.92 Å². The van der Waals surface area contributed by atoms with Crippen molar-refractivity contribution in [3.8, 4) is 5.75 Å². The molecule has 8 N–H and O–H groups in total. The number of nitrogens with zero attached hydrogens (tertiary/aromatic N) is 4. The van der Waals surface area contributed by atoms with Crippen molar-refractivity contribution in [1.29, 1.82) is 0 Å². The third-order valence-electron chi connectivity index (χ3n) is 5.56. The van der Waals surface area contributed by atoms with E-state index in [0.29, 0.717) is 5.56 Å². The molecule has 0 spiro atoms. The number of nitrogen functional groups attached to an aromatic ring is 1. The lowest BCUT2D eigenvalue weighted by atomic mass is 10.1. The number of phenolic OH excluding ortho intramolecular Hbond substituents is 1. The first kappa shape index (κ1) is 30.0. The quantitative estimate of drug-likeness (QED) is 0.0677. The Morgan fingerprint density at radius 3 is 1.85 bits per heavy atom. The van der Waals surface area contributed by atoms with Gasteiger partial charge in [-0.1, -0.05) is 24.3 Å². The number of fused-ring (bicyclic) bond motifs is 1. The van der Waals surface area contributed by atoms with Gasteiger partial charge < -0.3 is 24.5 Å². The maximum absolute atomic E-state index is 12.2. The smallest absolute Gasteiger partial charge is 0.296 e. The molecule has 0 heterocycles. The van der Waals surface area contributed by atoms with Crippen molar-refractivity contribution in [2.75, 3.05) is 5.73 Å². The first-order valence-corrected chi connectivity index (χ1v) is 15.4. The van der Waals surface area contributed by atoms with Crippen molar-refractivity contribution in [1.82, 2.24) is 0 Å². The molecule has 0 unspecified atom stereocenters. The second kappa shape index (κ2) is 10.8. The molecule has 0 radical (unpaired) electrons. The van der Waals surface area contributed by atoms with Crippen LogP contribution in [-0.4, -0.2) is 44.7 Å². The average molecular weight is 624 g/mol. The summed E-state index contributed by atoms with van der Waals surface area (Å²) in [5.41, 5.74) is 4.55. The lowest BCUT2D eigenvalue weighted by Gasteiger charge is -2.23. The maximum atomic E-state index is 12.2. The van der Waals surface area contributed by atoms with Crippen LogP contribution in [0.1, 0.15) is 5.56 Å². The van der Waals surface area contributed by atoms with Crippen LogP contribution in [-0.2, 0) is 20.2 Å². The van der Waals surface area contributed by atoms with Crippen LogP contribution in [0.25, 0.3) is 10.8 Å². The van der Waals surface area contributed by atoms with E-state index in [1.165, 1.54) is 24.3 Å². The zero-order chi connectivity index (χ0) is 30.3. The Hall–Kier alpha value is -4.01. The van der Waals surface area contributed by atoms with Crippen LogP contribution in [0.4, 0.5) is 28.4 Å². The molecular formula is C23H21N5O10S3. The Labute approximate surface area is 234 Å². The van der Waals surface area contributed by atoms with Gasteiger partial charge in [0.15, 0.2) is 5.75 Å². The molecule has 0 saturated heterocycles. The van der Waals surface area contributed by atoms with Gasteiger partial charge in [-0.3, -0.25) is 9.11 Å². The standard InChI is InChI=1S/C23H21N5O10S3/c1-12-7-8-15(16(9-12)39(30,31)32)26-28-22-18(41(36,37)38)11-13-10-17(40(33,34)35)21(20(24)19(13)23(22)29)27-25-14-5-3-2-4-6-14/h2-11,29,36-38H,24H2,1H3,(H,30,31,32)(H,33,34,35). The third-order valence-corrected chi connectivity index (χ3v) is 8.21. The number of hydrogen-bond acceptors (Lipinski definition) is 13. The number of aryl methyl sites for hydroxylation is 1. The lowest BCUT2D eigenvalue weighted by molar-refractivity contribution is 0.375. The number of hydrogen-bond donors (Lipinski definition) is 7. The van der Waals surface area contributed by atoms with Crippen LogP contribution in [0.2, 0.25) is 0 Å². The number of phenols is 1. The molecule has 18 heteroatoms. The Kier molecular flexibility index (Phi) is 7.86. The molecule has 15 nitrogen and oxygen atoms in total. The number of anilines is 1. The van der Waals surface area contributed by atoms with Gasteiger partial charge in [0.1, 0.15) is 37.7 Å². The van der Waals surface area contributed by atoms with Crippen LogP contribution < -0.4 is 5.73 Å². The Morgan fingerprint density at radius 2 is 1.27 bits per heavy atom. The first-order valence-electron chi connectivity index (χ1n) is 11.1. The fraction of sp³-hybridized carbons (Fsp3) is 0.0435. The van der Waals surface area contributed by atoms with Crippen molar-refractivity contribution >= 4 is 70.3 Å². The molecule has 0 aromatic heterocycles. The minimum absolute atomic E-state index is 0.282. The van der Waals surface area contributed by atoms with E-state index in [4.69, 9.17) is 5.73 Å². The summed E-state index contributed by atoms with van der Waals surface area (Å²) >= 11 is 0. The number of aromatic hydroxyl groups is 1. The van der Waals surface area contributed by atoms with Crippen molar-refractivity contribution in [2.45, 2.75) is 21.6 Å². The predicted octanol–water partition coefficient (Wildman–Crippen LogP) is 6.34. The highest BCUT2D eigenvalue weighted by Gasteiger charge is 2.29. The molecule has 0 aliphatic carbocycles. The summed E-state index contributed by atoms with van der Waals surface area (Å²) in [5, 5.41) is 25.6. The zero-order valence-electron chi connectivity index (χ0n) is 20.7. The van der Waals surface area contributed by atoms with Gasteiger partial charge in [-0.25, -0.2) is 0 Å². The molecule has 4 aromatic rings. The van der Waals surface area contributed by atoms with E-state index in [2.05, 4.69) is 20.5 Å². The van der Waals surface area contributed by atoms with Crippen molar-refractivity contribution < 1.29 is 44.7 Å². The maximum Gasteiger partial charge on any atom is 0.296 e. The number of azo groups is 2. The summed E-state index contributed by atoms with van der Waals surface area (Å²) in [4.78, 5) is -2.36. The second-order valence-electron chi connectivity index (χ2n) is 8.48. The van der Waals surface area contributed by atoms with Gasteiger partial charge in [-0.15, -0.1) is 15.3 Å². The summed E-state index contributed by atoms with van der Waals surface area (Å²) in [5.74, 6) is -0.952. The fourth-order valence-corrected chi connectivity index (χ4v) is 5.79. The Morgan fingerprint density at radius 1 is 0.683 bits per heavy atom. The van der Waals surface area contributed by atoms with Crippen molar-refractivity contribution in [2.24, 2.45) is 20.5 Å². The number of benzene rings is 4. The highest BCUT2D eigenvalue weighted by Crippen LogP contribution is 2.56. The monoisotopic (exact) mass is 623 g/mol. The Bertz CT molecular complexity index is 1960. The highest BCUT2D eigenvalue weighted by molar-refractivity contribution is 8.19. The van der Waals surface area contributed by atoms with Gasteiger partial charge in [0, 0.05) is 0 Å². The summed E-state index contributed by atoms with van der Waals surface area (Å²) in [6.45, 7) is 1.54. The molecule has 216 valence electrons. The van der Waals surface area contributed by atoms with E-state index in [-0.39, 0.29) is 16.5 Å². The Balaban J connectivity index is 2.04. The minimum atomic E-state index is -5.01. The van der Waals surface area contributed by atoms with Crippen LogP contribution in [0.3, 0.4) is 0 Å². The van der Waals surface area contributed by atoms with Crippen LogP contribution >= 0.6 is 10.9 Å². The van der Waals surface area contributed by atoms with Crippen molar-refractivity contribution in [3.05, 3.63) is 66.2 Å². The van der Waals surface area contributed by atoms with E-state index >= 15 is 0 Å². The third kappa shape index (κ3) is 6.34. The summed E-state index contributed by atoms with van der Waals surface area (Å²) in [6.07, 6.45) is 0. The molecule has 0 saturated carbocycles. The largest absolute Gasteiger partial charge is 0.505 e. The van der Waals surface area contributed by atoms with E-state index in [0.717, 1.165) is 18.2 Å². The number of nitrogens with two attached hydrogens (primary N) is 1. The average Bonchev–Trinajstić information content (AvgIpc) is 2.86. The zero-order valence-corrected chi connectivity index (χ0v) is 23.1. The molecule has 4 aromatic carbocycles.